The molecule has 0 saturated carbocycles. The highest BCUT2D eigenvalue weighted by Crippen LogP contribution is 1.79. The zero-order valence-electron chi connectivity index (χ0n) is 7.46. The van der Waals surface area contributed by atoms with Gasteiger partial charge in [-0.25, -0.2) is 0 Å². The van der Waals surface area contributed by atoms with Gasteiger partial charge in [0.05, 0.1) is 6.34 Å². The van der Waals surface area contributed by atoms with E-state index < -0.39 is 0 Å². The highest BCUT2D eigenvalue weighted by Gasteiger charge is 1.82. The molecule has 0 aliphatic heterocycles. The summed E-state index contributed by atoms with van der Waals surface area (Å²) in [5.41, 5.74) is 0. The molecule has 0 aromatic carbocycles. The normalized spacial score (nSPS) is 8.40. The van der Waals surface area contributed by atoms with Crippen molar-refractivity contribution >= 4 is 6.34 Å². The molecule has 0 aromatic heterocycles. The van der Waals surface area contributed by atoms with Crippen molar-refractivity contribution in [2.75, 3.05) is 13.6 Å². The second-order valence-corrected chi connectivity index (χ2v) is 1.39. The topological polar surface area (TPSA) is 15.6 Å². The molecule has 0 N–H and O–H groups in total. The van der Waals surface area contributed by atoms with E-state index in [-0.39, 0.29) is 0 Å². The maximum absolute atomic E-state index is 3.81. The molecule has 0 unspecified atom stereocenters. The maximum Gasteiger partial charge on any atom is 0.0885 e. The van der Waals surface area contributed by atoms with Gasteiger partial charge in [-0.05, 0) is 13.1 Å². The summed E-state index contributed by atoms with van der Waals surface area (Å²) >= 11 is 0. The van der Waals surface area contributed by atoms with Crippen LogP contribution in [0.4, 0.5) is 0 Å². The molecule has 0 spiro atoms. The number of rotatable bonds is 3. The Morgan fingerprint density at radius 3 is 2.10 bits per heavy atom. The molecule has 2 nitrogen and oxygen atoms in total. The van der Waals surface area contributed by atoms with E-state index in [2.05, 4.69) is 11.6 Å². The Labute approximate surface area is 64.3 Å². The van der Waals surface area contributed by atoms with Crippen LogP contribution in [0.15, 0.2) is 17.8 Å². The van der Waals surface area contributed by atoms with Crippen molar-refractivity contribution in [2.24, 2.45) is 4.99 Å². The van der Waals surface area contributed by atoms with Crippen LogP contribution in [0.5, 0.6) is 0 Å². The van der Waals surface area contributed by atoms with Crippen LogP contribution in [-0.2, 0) is 0 Å². The van der Waals surface area contributed by atoms with Crippen molar-refractivity contribution in [2.45, 2.75) is 20.8 Å². The van der Waals surface area contributed by atoms with E-state index in [0.717, 1.165) is 6.54 Å². The molecule has 2 heteroatoms. The van der Waals surface area contributed by atoms with Gasteiger partial charge in [-0.3, -0.25) is 4.99 Å². The summed E-state index contributed by atoms with van der Waals surface area (Å²) in [5, 5.41) is 0. The lowest BCUT2D eigenvalue weighted by Gasteiger charge is -2.07. The van der Waals surface area contributed by atoms with E-state index in [1.807, 2.05) is 25.7 Å². The van der Waals surface area contributed by atoms with E-state index in [1.54, 1.807) is 19.6 Å². The Balaban J connectivity index is 0. The van der Waals surface area contributed by atoms with Gasteiger partial charge in [0.1, 0.15) is 0 Å². The van der Waals surface area contributed by atoms with Gasteiger partial charge in [0.25, 0.3) is 0 Å². The molecule has 0 heterocycles. The molecular formula is C8H18N2. The smallest absolute Gasteiger partial charge is 0.0885 e. The Morgan fingerprint density at radius 1 is 1.50 bits per heavy atom. The zero-order chi connectivity index (χ0) is 8.41. The van der Waals surface area contributed by atoms with E-state index in [4.69, 9.17) is 0 Å². The third kappa shape index (κ3) is 7.21. The van der Waals surface area contributed by atoms with Crippen LogP contribution < -0.4 is 0 Å². The van der Waals surface area contributed by atoms with Gasteiger partial charge < -0.3 is 4.90 Å². The molecule has 0 rings (SSSR count). The molecule has 0 atom stereocenters. The number of hydrogen-bond acceptors (Lipinski definition) is 1. The molecule has 0 saturated heterocycles. The van der Waals surface area contributed by atoms with Crippen LogP contribution >= 0.6 is 0 Å². The van der Waals surface area contributed by atoms with Gasteiger partial charge in [-0.2, -0.15) is 0 Å². The third-order valence-electron chi connectivity index (χ3n) is 0.863. The van der Waals surface area contributed by atoms with E-state index >= 15 is 0 Å². The van der Waals surface area contributed by atoms with Crippen LogP contribution in [0.3, 0.4) is 0 Å². The minimum atomic E-state index is 0.931. The molecule has 60 valence electrons. The summed E-state index contributed by atoms with van der Waals surface area (Å²) < 4.78 is 0. The average Bonchev–Trinajstić information content (AvgIpc) is 2.04. The van der Waals surface area contributed by atoms with Crippen LogP contribution in [0.1, 0.15) is 20.8 Å². The molecule has 0 fully saturated rings. The first-order valence-corrected chi connectivity index (χ1v) is 3.65. The SMILES string of the molecule is C=CN(C=NC)CC.CC. The summed E-state index contributed by atoms with van der Waals surface area (Å²) in [7, 11) is 1.74. The Morgan fingerprint density at radius 2 is 2.00 bits per heavy atom. The molecular weight excluding hydrogens is 124 g/mol. The van der Waals surface area contributed by atoms with Crippen molar-refractivity contribution in [3.05, 3.63) is 12.8 Å². The molecule has 0 bridgehead atoms. The fraction of sp³-hybridized carbons (Fsp3) is 0.625. The quantitative estimate of drug-likeness (QED) is 0.435. The predicted octanol–water partition coefficient (Wildman–Crippen LogP) is 2.14. The Hall–Kier alpha value is -0.790. The second kappa shape index (κ2) is 11.1. The van der Waals surface area contributed by atoms with Crippen molar-refractivity contribution < 1.29 is 0 Å². The lowest BCUT2D eigenvalue weighted by atomic mass is 10.6. The van der Waals surface area contributed by atoms with E-state index in [0.29, 0.717) is 0 Å². The fourth-order valence-electron chi connectivity index (χ4n) is 0.406. The zero-order valence-corrected chi connectivity index (χ0v) is 7.46. The minimum Gasteiger partial charge on any atom is -0.340 e. The van der Waals surface area contributed by atoms with Crippen molar-refractivity contribution in [1.82, 2.24) is 4.90 Å². The van der Waals surface area contributed by atoms with Gasteiger partial charge in [-0.15, -0.1) is 0 Å². The monoisotopic (exact) mass is 142 g/mol. The highest BCUT2D eigenvalue weighted by atomic mass is 15.1. The van der Waals surface area contributed by atoms with Crippen molar-refractivity contribution in [3.63, 3.8) is 0 Å². The van der Waals surface area contributed by atoms with Crippen molar-refractivity contribution in [3.8, 4) is 0 Å². The van der Waals surface area contributed by atoms with Gasteiger partial charge in [0.15, 0.2) is 0 Å². The van der Waals surface area contributed by atoms with Crippen LogP contribution in [0, 0.1) is 0 Å². The largest absolute Gasteiger partial charge is 0.340 e. The summed E-state index contributed by atoms with van der Waals surface area (Å²) in [6.07, 6.45) is 3.49. The van der Waals surface area contributed by atoms with Gasteiger partial charge in [0.2, 0.25) is 0 Å². The molecule has 0 aromatic rings. The predicted molar refractivity (Wildman–Crippen MR) is 48.3 cm³/mol. The minimum absolute atomic E-state index is 0.931. The standard InChI is InChI=1S/C6H12N2.C2H6/c1-4-8(5-2)6-7-3;1-2/h4,6H,1,5H2,2-3H3;1-2H3. The fourth-order valence-corrected chi connectivity index (χ4v) is 0.406. The Kier molecular flexibility index (Phi) is 13.2. The van der Waals surface area contributed by atoms with Gasteiger partial charge >= 0.3 is 0 Å². The maximum atomic E-state index is 3.81. The summed E-state index contributed by atoms with van der Waals surface area (Å²) in [4.78, 5) is 5.71. The van der Waals surface area contributed by atoms with Crippen molar-refractivity contribution in [1.29, 1.82) is 0 Å². The van der Waals surface area contributed by atoms with Gasteiger partial charge in [0, 0.05) is 13.6 Å². The van der Waals surface area contributed by atoms with E-state index in [1.165, 1.54) is 0 Å². The molecule has 10 heavy (non-hydrogen) atoms. The third-order valence-corrected chi connectivity index (χ3v) is 0.863. The van der Waals surface area contributed by atoms with Crippen LogP contribution in [0.2, 0.25) is 0 Å². The summed E-state index contributed by atoms with van der Waals surface area (Å²) in [6, 6.07) is 0. The lowest BCUT2D eigenvalue weighted by molar-refractivity contribution is 0.608. The first-order chi connectivity index (χ1) is 4.85. The Bertz CT molecular complexity index is 87.3. The average molecular weight is 142 g/mol. The number of nitrogens with zero attached hydrogens (tertiary/aromatic N) is 2. The highest BCUT2D eigenvalue weighted by molar-refractivity contribution is 5.55. The van der Waals surface area contributed by atoms with Crippen LogP contribution in [-0.4, -0.2) is 24.8 Å². The second-order valence-electron chi connectivity index (χ2n) is 1.39. The number of hydrogen-bond donors (Lipinski definition) is 0. The molecule has 0 aliphatic carbocycles. The molecule has 0 aliphatic rings. The van der Waals surface area contributed by atoms with E-state index in [9.17, 15) is 0 Å². The van der Waals surface area contributed by atoms with Crippen LogP contribution in [0.25, 0.3) is 0 Å². The lowest BCUT2D eigenvalue weighted by Crippen LogP contribution is -2.12. The molecule has 0 amide bonds. The van der Waals surface area contributed by atoms with Gasteiger partial charge in [-0.1, -0.05) is 20.4 Å². The molecule has 0 radical (unpaired) electrons. The summed E-state index contributed by atoms with van der Waals surface area (Å²) in [6.45, 7) is 10.6. The summed E-state index contributed by atoms with van der Waals surface area (Å²) in [5.74, 6) is 0. The first kappa shape index (κ1) is 11.9. The first-order valence-electron chi connectivity index (χ1n) is 3.65. The number of aliphatic imine (C=N–C) groups is 1.